The monoisotopic (exact) mass is 352 g/mol. The molecule has 0 spiro atoms. The van der Waals surface area contributed by atoms with E-state index in [0.717, 1.165) is 11.1 Å². The molecule has 1 aliphatic rings. The molecule has 0 fully saturated rings. The fraction of sp³-hybridized carbons (Fsp3) is 0.250. The van der Waals surface area contributed by atoms with Gasteiger partial charge in [0.05, 0.1) is 12.8 Å². The first-order chi connectivity index (χ1) is 12.5. The van der Waals surface area contributed by atoms with Crippen LogP contribution < -0.4 is 14.5 Å². The number of para-hydroxylation sites is 2. The Balaban J connectivity index is 1.88. The number of hydrogen-bond donors (Lipinski definition) is 0. The molecule has 0 aromatic heterocycles. The van der Waals surface area contributed by atoms with Crippen LogP contribution in [0.3, 0.4) is 0 Å². The van der Waals surface area contributed by atoms with Crippen molar-refractivity contribution in [2.45, 2.75) is 26.7 Å². The molecule has 0 bridgehead atoms. The van der Waals surface area contributed by atoms with E-state index >= 15 is 0 Å². The van der Waals surface area contributed by atoms with Crippen molar-refractivity contribution in [3.05, 3.63) is 53.6 Å². The molecular formula is C20H20N2O4. The Labute approximate surface area is 152 Å². The minimum atomic E-state index is -0.586. The van der Waals surface area contributed by atoms with Gasteiger partial charge in [-0.25, -0.2) is 4.79 Å². The number of benzene rings is 2. The average Bonchev–Trinajstić information content (AvgIpc) is 2.64. The van der Waals surface area contributed by atoms with E-state index in [-0.39, 0.29) is 24.5 Å². The second-order valence-corrected chi connectivity index (χ2v) is 6.08. The molecule has 0 saturated carbocycles. The van der Waals surface area contributed by atoms with Crippen LogP contribution in [0.15, 0.2) is 47.6 Å². The number of esters is 1. The lowest BCUT2D eigenvalue weighted by Crippen LogP contribution is -2.36. The molecular weight excluding hydrogens is 332 g/mol. The third-order valence-electron chi connectivity index (χ3n) is 4.13. The van der Waals surface area contributed by atoms with Gasteiger partial charge in [-0.1, -0.05) is 24.3 Å². The van der Waals surface area contributed by atoms with E-state index in [0.29, 0.717) is 17.2 Å². The molecule has 0 unspecified atom stereocenters. The standard InChI is InChI=1S/C20H20N2O4/c1-13-8-9-14(2)16(12-13)22-19(23)11-10-15(21-22)20(24)26-18-7-5-4-6-17(18)25-3/h4-9,12H,10-11H2,1-3H3. The molecule has 2 aromatic rings. The van der Waals surface area contributed by atoms with Crippen LogP contribution in [0.1, 0.15) is 24.0 Å². The Bertz CT molecular complexity index is 889. The Morgan fingerprint density at radius 3 is 2.54 bits per heavy atom. The van der Waals surface area contributed by atoms with Crippen LogP contribution in [-0.4, -0.2) is 24.7 Å². The Morgan fingerprint density at radius 1 is 1.08 bits per heavy atom. The zero-order chi connectivity index (χ0) is 18.7. The van der Waals surface area contributed by atoms with E-state index in [1.807, 2.05) is 32.0 Å². The van der Waals surface area contributed by atoms with E-state index in [2.05, 4.69) is 5.10 Å². The van der Waals surface area contributed by atoms with Crippen molar-refractivity contribution in [3.63, 3.8) is 0 Å². The van der Waals surface area contributed by atoms with E-state index in [1.54, 1.807) is 24.3 Å². The SMILES string of the molecule is COc1ccccc1OC(=O)C1=NN(c2cc(C)ccc2C)C(=O)CC1. The van der Waals surface area contributed by atoms with E-state index in [1.165, 1.54) is 12.1 Å². The van der Waals surface area contributed by atoms with Gasteiger partial charge in [-0.05, 0) is 43.2 Å². The maximum atomic E-state index is 12.5. The molecule has 6 nitrogen and oxygen atoms in total. The Morgan fingerprint density at radius 2 is 1.81 bits per heavy atom. The molecule has 0 atom stereocenters. The van der Waals surface area contributed by atoms with Gasteiger partial charge in [-0.2, -0.15) is 10.1 Å². The molecule has 0 N–H and O–H groups in total. The average molecular weight is 352 g/mol. The van der Waals surface area contributed by atoms with Crippen LogP contribution in [-0.2, 0) is 9.59 Å². The van der Waals surface area contributed by atoms with E-state index < -0.39 is 5.97 Å². The molecule has 2 aromatic carbocycles. The van der Waals surface area contributed by atoms with Crippen molar-refractivity contribution in [3.8, 4) is 11.5 Å². The van der Waals surface area contributed by atoms with Gasteiger partial charge in [-0.3, -0.25) is 4.79 Å². The summed E-state index contributed by atoms with van der Waals surface area (Å²) in [6.45, 7) is 3.84. The Kier molecular flexibility index (Phi) is 5.02. The molecule has 1 amide bonds. The summed E-state index contributed by atoms with van der Waals surface area (Å²) in [5, 5.41) is 5.57. The second-order valence-electron chi connectivity index (χ2n) is 6.08. The van der Waals surface area contributed by atoms with Crippen molar-refractivity contribution in [1.82, 2.24) is 0 Å². The molecule has 0 aliphatic carbocycles. The van der Waals surface area contributed by atoms with Crippen LogP contribution in [0.2, 0.25) is 0 Å². The number of rotatable bonds is 4. The number of hydrazone groups is 1. The number of anilines is 1. The van der Waals surface area contributed by atoms with Crippen LogP contribution >= 0.6 is 0 Å². The number of carbonyl (C=O) groups is 2. The van der Waals surface area contributed by atoms with Crippen LogP contribution in [0, 0.1) is 13.8 Å². The van der Waals surface area contributed by atoms with Gasteiger partial charge in [0, 0.05) is 12.8 Å². The zero-order valence-electron chi connectivity index (χ0n) is 15.0. The maximum Gasteiger partial charge on any atom is 0.360 e. The number of nitrogens with zero attached hydrogens (tertiary/aromatic N) is 2. The Hall–Kier alpha value is -3.15. The summed E-state index contributed by atoms with van der Waals surface area (Å²) in [5.41, 5.74) is 2.80. The lowest BCUT2D eigenvalue weighted by molar-refractivity contribution is -0.127. The fourth-order valence-electron chi connectivity index (χ4n) is 2.70. The quantitative estimate of drug-likeness (QED) is 0.625. The number of amides is 1. The molecule has 26 heavy (non-hydrogen) atoms. The van der Waals surface area contributed by atoms with Crippen LogP contribution in [0.25, 0.3) is 0 Å². The first kappa shape index (κ1) is 17.7. The number of ether oxygens (including phenoxy) is 2. The summed E-state index contributed by atoms with van der Waals surface area (Å²) >= 11 is 0. The smallest absolute Gasteiger partial charge is 0.360 e. The fourth-order valence-corrected chi connectivity index (χ4v) is 2.70. The number of methoxy groups -OCH3 is 1. The highest BCUT2D eigenvalue weighted by Crippen LogP contribution is 2.28. The minimum Gasteiger partial charge on any atom is -0.493 e. The number of hydrogen-bond acceptors (Lipinski definition) is 5. The van der Waals surface area contributed by atoms with Gasteiger partial charge in [0.25, 0.3) is 0 Å². The number of aryl methyl sites for hydroxylation is 2. The highest BCUT2D eigenvalue weighted by molar-refractivity contribution is 6.38. The highest BCUT2D eigenvalue weighted by atomic mass is 16.6. The minimum absolute atomic E-state index is 0.146. The van der Waals surface area contributed by atoms with Crippen molar-refractivity contribution in [2.75, 3.05) is 12.1 Å². The predicted octanol–water partition coefficient (Wildman–Crippen LogP) is 3.40. The van der Waals surface area contributed by atoms with Gasteiger partial charge < -0.3 is 9.47 Å². The summed E-state index contributed by atoms with van der Waals surface area (Å²) < 4.78 is 10.6. The second kappa shape index (κ2) is 7.39. The van der Waals surface area contributed by atoms with Crippen molar-refractivity contribution in [1.29, 1.82) is 0 Å². The zero-order valence-corrected chi connectivity index (χ0v) is 15.0. The summed E-state index contributed by atoms with van der Waals surface area (Å²) in [7, 11) is 1.51. The van der Waals surface area contributed by atoms with E-state index in [9.17, 15) is 9.59 Å². The number of carbonyl (C=O) groups excluding carboxylic acids is 2. The first-order valence-corrected chi connectivity index (χ1v) is 8.32. The van der Waals surface area contributed by atoms with E-state index in [4.69, 9.17) is 9.47 Å². The van der Waals surface area contributed by atoms with Crippen molar-refractivity contribution in [2.24, 2.45) is 5.10 Å². The summed E-state index contributed by atoms with van der Waals surface area (Å²) in [4.78, 5) is 24.9. The predicted molar refractivity (Wildman–Crippen MR) is 98.7 cm³/mol. The van der Waals surface area contributed by atoms with Crippen LogP contribution in [0.5, 0.6) is 11.5 Å². The normalized spacial score (nSPS) is 14.0. The van der Waals surface area contributed by atoms with Gasteiger partial charge in [0.2, 0.25) is 5.91 Å². The van der Waals surface area contributed by atoms with Crippen LogP contribution in [0.4, 0.5) is 5.69 Å². The topological polar surface area (TPSA) is 68.2 Å². The largest absolute Gasteiger partial charge is 0.493 e. The molecule has 1 heterocycles. The van der Waals surface area contributed by atoms with Gasteiger partial charge in [0.15, 0.2) is 11.5 Å². The van der Waals surface area contributed by atoms with Crippen molar-refractivity contribution >= 4 is 23.3 Å². The molecule has 0 radical (unpaired) electrons. The van der Waals surface area contributed by atoms with Crippen molar-refractivity contribution < 1.29 is 19.1 Å². The summed E-state index contributed by atoms with van der Waals surface area (Å²) in [5.74, 6) is 0.0439. The van der Waals surface area contributed by atoms with Gasteiger partial charge in [0.1, 0.15) is 5.71 Å². The lowest BCUT2D eigenvalue weighted by Gasteiger charge is -2.24. The summed E-state index contributed by atoms with van der Waals surface area (Å²) in [6, 6.07) is 12.7. The third-order valence-corrected chi connectivity index (χ3v) is 4.13. The van der Waals surface area contributed by atoms with Gasteiger partial charge in [-0.15, -0.1) is 0 Å². The molecule has 6 heteroatoms. The molecule has 134 valence electrons. The lowest BCUT2D eigenvalue weighted by atomic mass is 10.1. The first-order valence-electron chi connectivity index (χ1n) is 8.32. The third kappa shape index (κ3) is 3.59. The molecule has 3 rings (SSSR count). The molecule has 1 aliphatic heterocycles. The maximum absolute atomic E-state index is 12.5. The highest BCUT2D eigenvalue weighted by Gasteiger charge is 2.28. The van der Waals surface area contributed by atoms with Gasteiger partial charge >= 0.3 is 5.97 Å². The molecule has 0 saturated heterocycles. The summed E-state index contributed by atoms with van der Waals surface area (Å²) in [6.07, 6.45) is 0.446.